The van der Waals surface area contributed by atoms with Gasteiger partial charge in [0.25, 0.3) is 0 Å². The molecule has 0 aliphatic heterocycles. The van der Waals surface area contributed by atoms with Gasteiger partial charge in [0.05, 0.1) is 0 Å². The molecule has 0 atom stereocenters. The minimum atomic E-state index is -1.06. The van der Waals surface area contributed by atoms with Crippen molar-refractivity contribution in [3.8, 4) is 0 Å². The number of carbonyl (C=O) groups excluding carboxylic acids is 3. The van der Waals surface area contributed by atoms with Gasteiger partial charge in [0.15, 0.2) is 0 Å². The van der Waals surface area contributed by atoms with E-state index in [1.54, 1.807) is 47.6 Å². The molecule has 0 saturated carbocycles. The minimum absolute atomic E-state index is 0.279. The lowest BCUT2D eigenvalue weighted by atomic mass is 10.2. The van der Waals surface area contributed by atoms with Crippen LogP contribution in [-0.4, -0.2) is 34.4 Å². The molecule has 266 valence electrons. The highest BCUT2D eigenvalue weighted by molar-refractivity contribution is 9.10. The Labute approximate surface area is 310 Å². The highest BCUT2D eigenvalue weighted by Crippen LogP contribution is 2.23. The maximum atomic E-state index is 11.5. The van der Waals surface area contributed by atoms with Crippen LogP contribution in [0, 0.1) is 0 Å². The van der Waals surface area contributed by atoms with Crippen LogP contribution in [0.1, 0.15) is 79.0 Å². The third-order valence-corrected chi connectivity index (χ3v) is 6.47. The molecular weight excluding hydrogens is 724 g/mol. The molecule has 3 rings (SSSR count). The van der Waals surface area contributed by atoms with Gasteiger partial charge < -0.3 is 18.9 Å². The molecule has 7 nitrogen and oxygen atoms in total. The van der Waals surface area contributed by atoms with E-state index in [2.05, 4.69) is 53.0 Å². The lowest BCUT2D eigenvalue weighted by molar-refractivity contribution is -0.0294. The quantitative estimate of drug-likeness (QED) is 0.0922. The Bertz CT molecular complexity index is 1400. The number of hydrogen-bond acceptors (Lipinski definition) is 9. The summed E-state index contributed by atoms with van der Waals surface area (Å²) in [5, 5.41) is -0.279. The van der Waals surface area contributed by atoms with E-state index in [1.807, 2.05) is 106 Å². The van der Waals surface area contributed by atoms with Gasteiger partial charge in [-0.1, -0.05) is 90.3 Å². The van der Waals surface area contributed by atoms with Gasteiger partial charge in [0.2, 0.25) is 0 Å². The van der Waals surface area contributed by atoms with Crippen LogP contribution in [0.15, 0.2) is 107 Å². The van der Waals surface area contributed by atoms with Crippen LogP contribution < -0.4 is 0 Å². The minimum Gasteiger partial charge on any atom is -0.452 e. The van der Waals surface area contributed by atoms with Gasteiger partial charge in [-0.25, -0.2) is 14.4 Å². The number of thiol groups is 1. The maximum absolute atomic E-state index is 11.5. The molecule has 0 fully saturated rings. The molecule has 0 bridgehead atoms. The van der Waals surface area contributed by atoms with Crippen LogP contribution in [-0.2, 0) is 18.9 Å². The molecule has 0 spiro atoms. The summed E-state index contributed by atoms with van der Waals surface area (Å²) in [7, 11) is 0. The molecule has 0 amide bonds. The van der Waals surface area contributed by atoms with Crippen LogP contribution in [0.4, 0.5) is 14.4 Å². The fourth-order valence-corrected chi connectivity index (χ4v) is 4.03. The van der Waals surface area contributed by atoms with Crippen LogP contribution in [0.5, 0.6) is 0 Å². The van der Waals surface area contributed by atoms with Crippen LogP contribution >= 0.6 is 40.3 Å². The largest absolute Gasteiger partial charge is 0.519 e. The second-order valence-electron chi connectivity index (χ2n) is 12.9. The third kappa shape index (κ3) is 25.9. The van der Waals surface area contributed by atoms with Crippen molar-refractivity contribution >= 4 is 76.2 Å². The summed E-state index contributed by atoms with van der Waals surface area (Å²) in [5.74, 6) is 0. The summed E-state index contributed by atoms with van der Waals surface area (Å²) in [5.41, 5.74) is 1.49. The summed E-state index contributed by atoms with van der Waals surface area (Å²) in [6.07, 6.45) is 3.29. The Morgan fingerprint density at radius 2 is 0.918 bits per heavy atom. The molecule has 0 saturated heterocycles. The second kappa shape index (κ2) is 22.1. The molecule has 10 heteroatoms. The lowest BCUT2D eigenvalue weighted by Gasteiger charge is -2.20. The van der Waals surface area contributed by atoms with Crippen LogP contribution in [0.25, 0.3) is 18.2 Å². The van der Waals surface area contributed by atoms with Gasteiger partial charge in [0.1, 0.15) is 16.8 Å². The zero-order chi connectivity index (χ0) is 37.8. The molecule has 0 heterocycles. The SMILES string of the molecule is C=Cc1ccc(Br)cc1.C=Cc1ccc(S)cc1.C=Cc1ccc(SC(=O)OC(C)(C)C)cc1.CC(C)(C)OC(=O)OC(=O)OC(C)(C)C. The van der Waals surface area contributed by atoms with Crippen molar-refractivity contribution in [2.24, 2.45) is 0 Å². The predicted molar refractivity (Wildman–Crippen MR) is 210 cm³/mol. The Balaban J connectivity index is 0.000000646. The van der Waals surface area contributed by atoms with Crippen molar-refractivity contribution in [3.63, 3.8) is 0 Å². The fourth-order valence-electron chi connectivity index (χ4n) is 2.86. The van der Waals surface area contributed by atoms with Crippen molar-refractivity contribution < 1.29 is 33.3 Å². The van der Waals surface area contributed by atoms with Gasteiger partial charge in [-0.15, -0.1) is 12.6 Å². The normalized spacial score (nSPS) is 10.5. The first-order valence-corrected chi connectivity index (χ1v) is 17.2. The standard InChI is InChI=1S/C13H16O2S.C10H18O5.C8H7Br.C8H8S/c1-5-10-6-8-11(9-7-10)16-12(14)15-13(2,3)4;1-9(2,3)14-7(11)13-8(12)15-10(4,5)6;2*1-2-7-3-5-8(9)6-4-7/h5-9H,1H2,2-4H3;1-6H3;2-6H,1H2;2-6,9H,1H2. The van der Waals surface area contributed by atoms with E-state index in [-0.39, 0.29) is 5.30 Å². The van der Waals surface area contributed by atoms with E-state index in [1.165, 1.54) is 0 Å². The number of carbonyl (C=O) groups is 3. The first-order valence-electron chi connectivity index (χ1n) is 15.1. The smallest absolute Gasteiger partial charge is 0.452 e. The van der Waals surface area contributed by atoms with Gasteiger partial charge in [-0.2, -0.15) is 0 Å². The molecule has 3 aromatic rings. The summed E-state index contributed by atoms with van der Waals surface area (Å²) < 4.78 is 20.1. The average molecular weight is 774 g/mol. The number of hydrogen-bond donors (Lipinski definition) is 1. The first kappa shape index (κ1) is 45.3. The molecule has 0 radical (unpaired) electrons. The third-order valence-electron chi connectivity index (χ3n) is 4.89. The van der Waals surface area contributed by atoms with Crippen molar-refractivity contribution in [3.05, 3.63) is 114 Å². The van der Waals surface area contributed by atoms with Crippen LogP contribution in [0.2, 0.25) is 0 Å². The lowest BCUT2D eigenvalue weighted by Crippen LogP contribution is -2.29. The molecule has 3 aromatic carbocycles. The summed E-state index contributed by atoms with van der Waals surface area (Å²) >= 11 is 8.57. The van der Waals surface area contributed by atoms with Gasteiger partial charge in [-0.05, 0) is 127 Å². The summed E-state index contributed by atoms with van der Waals surface area (Å²) in [6, 6.07) is 23.5. The van der Waals surface area contributed by atoms with E-state index in [9.17, 15) is 14.4 Å². The van der Waals surface area contributed by atoms with E-state index in [0.29, 0.717) is 0 Å². The van der Waals surface area contributed by atoms with Crippen molar-refractivity contribution in [2.45, 2.75) is 88.9 Å². The molecule has 0 unspecified atom stereocenters. The monoisotopic (exact) mass is 772 g/mol. The van der Waals surface area contributed by atoms with Gasteiger partial charge in [0, 0.05) is 14.3 Å². The molecule has 49 heavy (non-hydrogen) atoms. The Morgan fingerprint density at radius 3 is 1.24 bits per heavy atom. The topological polar surface area (TPSA) is 88.1 Å². The molecular formula is C39H49BrO7S2. The zero-order valence-corrected chi connectivity index (χ0v) is 33.2. The van der Waals surface area contributed by atoms with Crippen molar-refractivity contribution in [1.29, 1.82) is 0 Å². The average Bonchev–Trinajstić information content (AvgIpc) is 2.96. The second-order valence-corrected chi connectivity index (χ2v) is 15.4. The Morgan fingerprint density at radius 1 is 0.592 bits per heavy atom. The van der Waals surface area contributed by atoms with Crippen LogP contribution in [0.3, 0.4) is 0 Å². The summed E-state index contributed by atoms with van der Waals surface area (Å²) in [6.45, 7) is 26.5. The molecule has 0 aliphatic rings. The number of ether oxygens (including phenoxy) is 4. The van der Waals surface area contributed by atoms with E-state index < -0.39 is 29.1 Å². The zero-order valence-electron chi connectivity index (χ0n) is 29.9. The molecule has 0 N–H and O–H groups in total. The van der Waals surface area contributed by atoms with E-state index in [0.717, 1.165) is 42.7 Å². The Kier molecular flexibility index (Phi) is 20.4. The van der Waals surface area contributed by atoms with Gasteiger partial charge >= 0.3 is 17.6 Å². The predicted octanol–water partition coefficient (Wildman–Crippen LogP) is 12.9. The first-order chi connectivity index (χ1) is 22.6. The number of benzene rings is 3. The number of halogens is 1. The fraction of sp³-hybridized carbons (Fsp3) is 0.308. The van der Waals surface area contributed by atoms with Crippen molar-refractivity contribution in [1.82, 2.24) is 0 Å². The highest BCUT2D eigenvalue weighted by Gasteiger charge is 2.24. The maximum Gasteiger partial charge on any atom is 0.519 e. The highest BCUT2D eigenvalue weighted by atomic mass is 79.9. The number of rotatable bonds is 4. The summed E-state index contributed by atoms with van der Waals surface area (Å²) in [4.78, 5) is 35.4. The molecule has 0 aliphatic carbocycles. The van der Waals surface area contributed by atoms with E-state index >= 15 is 0 Å². The molecule has 0 aromatic heterocycles. The van der Waals surface area contributed by atoms with Crippen molar-refractivity contribution in [2.75, 3.05) is 0 Å². The Hall–Kier alpha value is -3.73. The van der Waals surface area contributed by atoms with Gasteiger partial charge in [-0.3, -0.25) is 0 Å². The number of thioether (sulfide) groups is 1. The van der Waals surface area contributed by atoms with E-state index in [4.69, 9.17) is 14.2 Å².